The summed E-state index contributed by atoms with van der Waals surface area (Å²) in [4.78, 5) is 44.7. The van der Waals surface area contributed by atoms with E-state index in [4.69, 9.17) is 23.2 Å². The summed E-state index contributed by atoms with van der Waals surface area (Å²) in [7, 11) is 0. The van der Waals surface area contributed by atoms with E-state index in [9.17, 15) is 14.4 Å². The monoisotopic (exact) mass is 443 g/mol. The second-order valence-electron chi connectivity index (χ2n) is 7.31. The molecule has 0 aliphatic carbocycles. The van der Waals surface area contributed by atoms with Gasteiger partial charge in [-0.2, -0.15) is 0 Å². The topological polar surface area (TPSA) is 73.5 Å². The Morgan fingerprint density at radius 2 is 1.73 bits per heavy atom. The lowest BCUT2D eigenvalue weighted by molar-refractivity contribution is -0.130. The van der Waals surface area contributed by atoms with Gasteiger partial charge >= 0.3 is 0 Å². The molecule has 2 aromatic carbocycles. The van der Waals surface area contributed by atoms with E-state index in [1.807, 2.05) is 25.1 Å². The van der Waals surface area contributed by atoms with Gasteiger partial charge in [-0.15, -0.1) is 0 Å². The number of aromatic nitrogens is 1. The minimum absolute atomic E-state index is 0.0796. The lowest BCUT2D eigenvalue weighted by Gasteiger charge is -2.39. The Morgan fingerprint density at radius 1 is 1.03 bits per heavy atom. The van der Waals surface area contributed by atoms with E-state index >= 15 is 0 Å². The molecule has 0 unspecified atom stereocenters. The van der Waals surface area contributed by atoms with Crippen LogP contribution in [0.3, 0.4) is 0 Å². The van der Waals surface area contributed by atoms with Crippen LogP contribution in [-0.4, -0.2) is 58.1 Å². The summed E-state index contributed by atoms with van der Waals surface area (Å²) in [5.41, 5.74) is 1.49. The summed E-state index contributed by atoms with van der Waals surface area (Å²) < 4.78 is 0. The van der Waals surface area contributed by atoms with Crippen LogP contribution in [0.15, 0.2) is 48.7 Å². The van der Waals surface area contributed by atoms with Crippen molar-refractivity contribution in [2.24, 2.45) is 0 Å². The number of Topliss-reactive ketones (excluding diaryl/α,β-unsaturated/α-hetero) is 1. The van der Waals surface area contributed by atoms with Gasteiger partial charge in [0.2, 0.25) is 0 Å². The molecule has 0 bridgehead atoms. The van der Waals surface area contributed by atoms with Gasteiger partial charge in [-0.3, -0.25) is 14.4 Å². The smallest absolute Gasteiger partial charge is 0.295 e. The van der Waals surface area contributed by atoms with Crippen molar-refractivity contribution in [3.05, 3.63) is 69.8 Å². The second kappa shape index (κ2) is 8.13. The van der Waals surface area contributed by atoms with Crippen molar-refractivity contribution >= 4 is 51.7 Å². The number of H-pyrrole nitrogens is 1. The first-order chi connectivity index (χ1) is 14.4. The summed E-state index contributed by atoms with van der Waals surface area (Å²) in [5.74, 6) is -1.29. The van der Waals surface area contributed by atoms with Crippen molar-refractivity contribution in [3.8, 4) is 0 Å². The number of hydrogen-bond donors (Lipinski definition) is 1. The highest BCUT2D eigenvalue weighted by atomic mass is 35.5. The van der Waals surface area contributed by atoms with E-state index in [-0.39, 0.29) is 17.5 Å². The summed E-state index contributed by atoms with van der Waals surface area (Å²) in [6.45, 7) is 2.86. The van der Waals surface area contributed by atoms with Gasteiger partial charge < -0.3 is 14.8 Å². The number of amides is 2. The number of nitrogens with one attached hydrogen (secondary N) is 1. The molecule has 1 N–H and O–H groups in total. The van der Waals surface area contributed by atoms with Crippen LogP contribution < -0.4 is 0 Å². The normalized spacial score (nSPS) is 16.7. The number of hydrogen-bond acceptors (Lipinski definition) is 3. The highest BCUT2D eigenvalue weighted by Gasteiger charge is 2.34. The SMILES string of the molecule is C[C@H]1CN(C(=O)c2ccccc2)CCN1C(=O)C(=O)c1c[nH]c2cc(Cl)c(Cl)cc12. The highest BCUT2D eigenvalue weighted by Crippen LogP contribution is 2.30. The molecular formula is C22H19Cl2N3O3. The van der Waals surface area contributed by atoms with E-state index in [1.54, 1.807) is 29.2 Å². The fourth-order valence-electron chi connectivity index (χ4n) is 3.76. The lowest BCUT2D eigenvalue weighted by Crippen LogP contribution is -2.56. The highest BCUT2D eigenvalue weighted by molar-refractivity contribution is 6.46. The standard InChI is InChI=1S/C22H19Cl2N3O3/c1-13-12-26(21(29)14-5-3-2-4-6-14)7-8-27(13)22(30)20(28)16-11-25-19-10-18(24)17(23)9-15(16)19/h2-6,9-11,13,25H,7-8,12H2,1H3/t13-/m0/s1. The van der Waals surface area contributed by atoms with Crippen LogP contribution in [0.5, 0.6) is 0 Å². The molecule has 4 rings (SSSR count). The third kappa shape index (κ3) is 3.68. The minimum Gasteiger partial charge on any atom is -0.360 e. The Morgan fingerprint density at radius 3 is 2.43 bits per heavy atom. The van der Waals surface area contributed by atoms with Crippen LogP contribution >= 0.6 is 23.2 Å². The lowest BCUT2D eigenvalue weighted by atomic mass is 10.1. The Bertz CT molecular complexity index is 1140. The average Bonchev–Trinajstić information content (AvgIpc) is 3.15. The van der Waals surface area contributed by atoms with E-state index in [0.29, 0.717) is 46.1 Å². The fourth-order valence-corrected chi connectivity index (χ4v) is 4.08. The molecule has 0 radical (unpaired) electrons. The Hall–Kier alpha value is -2.83. The number of ketones is 1. The first-order valence-electron chi connectivity index (χ1n) is 9.52. The fraction of sp³-hybridized carbons (Fsp3) is 0.227. The number of fused-ring (bicyclic) bond motifs is 1. The zero-order chi connectivity index (χ0) is 21.4. The van der Waals surface area contributed by atoms with Gasteiger partial charge in [0.25, 0.3) is 17.6 Å². The van der Waals surface area contributed by atoms with Crippen molar-refractivity contribution in [2.75, 3.05) is 19.6 Å². The molecule has 0 spiro atoms. The second-order valence-corrected chi connectivity index (χ2v) is 8.12. The summed E-state index contributed by atoms with van der Waals surface area (Å²) in [5, 5.41) is 1.23. The predicted molar refractivity (Wildman–Crippen MR) is 116 cm³/mol. The van der Waals surface area contributed by atoms with Crippen LogP contribution in [0, 0.1) is 0 Å². The van der Waals surface area contributed by atoms with Crippen LogP contribution in [0.1, 0.15) is 27.6 Å². The van der Waals surface area contributed by atoms with Gasteiger partial charge in [0, 0.05) is 48.3 Å². The summed E-state index contributed by atoms with van der Waals surface area (Å²) in [6, 6.07) is 11.9. The number of piperazine rings is 1. The van der Waals surface area contributed by atoms with Crippen LogP contribution in [0.4, 0.5) is 0 Å². The maximum atomic E-state index is 12.9. The quantitative estimate of drug-likeness (QED) is 0.490. The molecule has 1 aliphatic heterocycles. The van der Waals surface area contributed by atoms with Gasteiger partial charge in [0.15, 0.2) is 0 Å². The molecule has 1 fully saturated rings. The van der Waals surface area contributed by atoms with Crippen molar-refractivity contribution in [1.82, 2.24) is 14.8 Å². The molecule has 6 nitrogen and oxygen atoms in total. The first kappa shape index (κ1) is 20.4. The number of aromatic amines is 1. The van der Waals surface area contributed by atoms with Crippen LogP contribution in [-0.2, 0) is 4.79 Å². The van der Waals surface area contributed by atoms with Gasteiger partial charge in [-0.05, 0) is 31.2 Å². The Kier molecular flexibility index (Phi) is 5.54. The molecule has 154 valence electrons. The van der Waals surface area contributed by atoms with Crippen LogP contribution in [0.25, 0.3) is 10.9 Å². The van der Waals surface area contributed by atoms with E-state index < -0.39 is 11.7 Å². The maximum absolute atomic E-state index is 12.9. The van der Waals surface area contributed by atoms with Crippen molar-refractivity contribution in [3.63, 3.8) is 0 Å². The van der Waals surface area contributed by atoms with Crippen molar-refractivity contribution < 1.29 is 14.4 Å². The largest absolute Gasteiger partial charge is 0.360 e. The number of nitrogens with zero attached hydrogens (tertiary/aromatic N) is 2. The molecule has 2 heterocycles. The zero-order valence-corrected chi connectivity index (χ0v) is 17.7. The first-order valence-corrected chi connectivity index (χ1v) is 10.3. The number of rotatable bonds is 3. The summed E-state index contributed by atoms with van der Waals surface area (Å²) >= 11 is 12.1. The van der Waals surface area contributed by atoms with E-state index in [0.717, 1.165) is 0 Å². The van der Waals surface area contributed by atoms with Gasteiger partial charge in [0.1, 0.15) is 0 Å². The Balaban J connectivity index is 1.50. The number of carbonyl (C=O) groups excluding carboxylic acids is 3. The number of halogens is 2. The molecule has 1 saturated heterocycles. The van der Waals surface area contributed by atoms with Crippen LogP contribution in [0.2, 0.25) is 10.0 Å². The molecule has 1 aromatic heterocycles. The van der Waals surface area contributed by atoms with Gasteiger partial charge in [0.05, 0.1) is 15.6 Å². The predicted octanol–water partition coefficient (Wildman–Crippen LogP) is 4.03. The maximum Gasteiger partial charge on any atom is 0.295 e. The molecule has 1 aliphatic rings. The molecule has 0 saturated carbocycles. The summed E-state index contributed by atoms with van der Waals surface area (Å²) in [6.07, 6.45) is 1.50. The third-order valence-electron chi connectivity index (χ3n) is 5.36. The molecule has 3 aromatic rings. The minimum atomic E-state index is -0.616. The zero-order valence-electron chi connectivity index (χ0n) is 16.2. The molecule has 1 atom stereocenters. The van der Waals surface area contributed by atoms with Crippen molar-refractivity contribution in [1.29, 1.82) is 0 Å². The van der Waals surface area contributed by atoms with E-state index in [1.165, 1.54) is 11.1 Å². The molecule has 30 heavy (non-hydrogen) atoms. The van der Waals surface area contributed by atoms with Crippen molar-refractivity contribution in [2.45, 2.75) is 13.0 Å². The van der Waals surface area contributed by atoms with Gasteiger partial charge in [-0.1, -0.05) is 41.4 Å². The molecule has 2 amide bonds. The average molecular weight is 444 g/mol. The number of benzene rings is 2. The third-order valence-corrected chi connectivity index (χ3v) is 6.08. The Labute approximate surface area is 183 Å². The molecule has 8 heteroatoms. The van der Waals surface area contributed by atoms with E-state index in [2.05, 4.69) is 4.98 Å². The van der Waals surface area contributed by atoms with Gasteiger partial charge in [-0.25, -0.2) is 0 Å². The molecular weight excluding hydrogens is 425 g/mol. The number of carbonyl (C=O) groups is 3.